The van der Waals surface area contributed by atoms with Gasteiger partial charge in [0.05, 0.1) is 5.41 Å². The number of aliphatic carboxylic acids is 1. The molecule has 122 valence electrons. The zero-order valence-electron chi connectivity index (χ0n) is 13.9. The maximum Gasteiger partial charge on any atom is 0.310 e. The fraction of sp³-hybridized carbons (Fsp3) is 0.944. The van der Waals surface area contributed by atoms with Gasteiger partial charge < -0.3 is 5.11 Å². The van der Waals surface area contributed by atoms with Gasteiger partial charge in [0, 0.05) is 12.6 Å². The zero-order chi connectivity index (χ0) is 15.3. The van der Waals surface area contributed by atoms with E-state index in [9.17, 15) is 9.90 Å². The largest absolute Gasteiger partial charge is 0.481 e. The van der Waals surface area contributed by atoms with E-state index in [1.165, 1.54) is 38.5 Å². The molecule has 1 N–H and O–H groups in total. The van der Waals surface area contributed by atoms with Gasteiger partial charge in [-0.25, -0.2) is 0 Å². The number of piperidine rings is 1. The van der Waals surface area contributed by atoms with E-state index < -0.39 is 11.4 Å². The molecule has 0 spiro atoms. The van der Waals surface area contributed by atoms with Crippen molar-refractivity contribution in [2.45, 2.75) is 84.1 Å². The minimum absolute atomic E-state index is 0.469. The summed E-state index contributed by atoms with van der Waals surface area (Å²) >= 11 is 0. The smallest absolute Gasteiger partial charge is 0.310 e. The van der Waals surface area contributed by atoms with Crippen molar-refractivity contribution < 1.29 is 9.90 Å². The molecule has 0 aromatic heterocycles. The highest BCUT2D eigenvalue weighted by Crippen LogP contribution is 2.38. The van der Waals surface area contributed by atoms with Crippen molar-refractivity contribution in [3.8, 4) is 0 Å². The Morgan fingerprint density at radius 3 is 2.67 bits per heavy atom. The number of rotatable bonds is 5. The summed E-state index contributed by atoms with van der Waals surface area (Å²) < 4.78 is 0. The van der Waals surface area contributed by atoms with Gasteiger partial charge in [0.2, 0.25) is 0 Å². The molecule has 0 radical (unpaired) electrons. The summed E-state index contributed by atoms with van der Waals surface area (Å²) in [4.78, 5) is 14.4. The summed E-state index contributed by atoms with van der Waals surface area (Å²) in [5.74, 6) is 0.341. The van der Waals surface area contributed by atoms with Gasteiger partial charge in [0.25, 0.3) is 0 Å². The maximum atomic E-state index is 11.8. The molecule has 3 heteroatoms. The van der Waals surface area contributed by atoms with E-state index in [1.807, 2.05) is 0 Å². The minimum atomic E-state index is -0.561. The normalized spacial score (nSPS) is 35.3. The van der Waals surface area contributed by atoms with E-state index in [-0.39, 0.29) is 0 Å². The molecule has 2 aliphatic rings. The van der Waals surface area contributed by atoms with E-state index in [2.05, 4.69) is 18.7 Å². The molecule has 1 saturated heterocycles. The van der Waals surface area contributed by atoms with Gasteiger partial charge in [-0.15, -0.1) is 0 Å². The van der Waals surface area contributed by atoms with Crippen molar-refractivity contribution in [2.24, 2.45) is 11.3 Å². The Morgan fingerprint density at radius 1 is 1.19 bits per heavy atom. The quantitative estimate of drug-likeness (QED) is 0.768. The molecule has 0 aromatic rings. The molecule has 0 bridgehead atoms. The molecule has 2 fully saturated rings. The molecule has 1 aliphatic carbocycles. The van der Waals surface area contributed by atoms with Crippen LogP contribution in [0.2, 0.25) is 0 Å². The molecule has 1 aliphatic heterocycles. The van der Waals surface area contributed by atoms with E-state index in [4.69, 9.17) is 0 Å². The maximum absolute atomic E-state index is 11.8. The van der Waals surface area contributed by atoms with Crippen LogP contribution < -0.4 is 0 Å². The average molecular weight is 295 g/mol. The highest BCUT2D eigenvalue weighted by molar-refractivity contribution is 5.75. The Bertz CT molecular complexity index is 340. The highest BCUT2D eigenvalue weighted by Gasteiger charge is 2.43. The zero-order valence-corrected chi connectivity index (χ0v) is 13.9. The van der Waals surface area contributed by atoms with Gasteiger partial charge in [0.15, 0.2) is 0 Å². The SMILES string of the molecule is CCCC1(C(=O)O)CCCN(C2CCCC(CC)CC2)C1. The summed E-state index contributed by atoms with van der Waals surface area (Å²) in [6, 6.07) is 0.637. The summed E-state index contributed by atoms with van der Waals surface area (Å²) in [6.07, 6.45) is 11.6. The van der Waals surface area contributed by atoms with E-state index >= 15 is 0 Å². The molecular formula is C18H33NO2. The molecular weight excluding hydrogens is 262 g/mol. The standard InChI is InChI=1S/C18H33NO2/c1-3-11-18(17(20)21)12-6-13-19(14-18)16-8-5-7-15(4-2)9-10-16/h15-16H,3-14H2,1-2H3,(H,20,21). The lowest BCUT2D eigenvalue weighted by atomic mass is 9.75. The average Bonchev–Trinajstić information content (AvgIpc) is 2.73. The highest BCUT2D eigenvalue weighted by atomic mass is 16.4. The van der Waals surface area contributed by atoms with Crippen molar-refractivity contribution in [1.82, 2.24) is 4.90 Å². The van der Waals surface area contributed by atoms with Crippen molar-refractivity contribution >= 4 is 5.97 Å². The molecule has 2 rings (SSSR count). The molecule has 3 nitrogen and oxygen atoms in total. The predicted octanol–water partition coefficient (Wildman–Crippen LogP) is 4.31. The van der Waals surface area contributed by atoms with Gasteiger partial charge in [-0.05, 0) is 51.0 Å². The number of nitrogens with zero attached hydrogens (tertiary/aromatic N) is 1. The van der Waals surface area contributed by atoms with Crippen molar-refractivity contribution in [3.05, 3.63) is 0 Å². The van der Waals surface area contributed by atoms with Crippen LogP contribution in [0.3, 0.4) is 0 Å². The number of carbonyl (C=O) groups is 1. The summed E-state index contributed by atoms with van der Waals surface area (Å²) in [7, 11) is 0. The number of carboxylic acid groups (broad SMARTS) is 1. The summed E-state index contributed by atoms with van der Waals surface area (Å²) in [5.41, 5.74) is -0.469. The summed E-state index contributed by atoms with van der Waals surface area (Å²) in [6.45, 7) is 6.32. The number of carboxylic acids is 1. The number of likely N-dealkylation sites (tertiary alicyclic amines) is 1. The second-order valence-electron chi connectivity index (χ2n) is 7.35. The number of hydrogen-bond donors (Lipinski definition) is 1. The third kappa shape index (κ3) is 4.00. The van der Waals surface area contributed by atoms with Crippen LogP contribution in [0.1, 0.15) is 78.1 Å². The van der Waals surface area contributed by atoms with E-state index in [0.29, 0.717) is 6.04 Å². The van der Waals surface area contributed by atoms with Crippen LogP contribution in [0.4, 0.5) is 0 Å². The van der Waals surface area contributed by atoms with Gasteiger partial charge in [0.1, 0.15) is 0 Å². The monoisotopic (exact) mass is 295 g/mol. The predicted molar refractivity (Wildman–Crippen MR) is 86.4 cm³/mol. The van der Waals surface area contributed by atoms with Gasteiger partial charge in [-0.2, -0.15) is 0 Å². The second kappa shape index (κ2) is 7.62. The molecule has 1 saturated carbocycles. The fourth-order valence-corrected chi connectivity index (χ4v) is 4.58. The Kier molecular flexibility index (Phi) is 6.09. The van der Waals surface area contributed by atoms with Crippen molar-refractivity contribution in [2.75, 3.05) is 13.1 Å². The first-order valence-corrected chi connectivity index (χ1v) is 9.08. The molecule has 1 heterocycles. The second-order valence-corrected chi connectivity index (χ2v) is 7.35. The van der Waals surface area contributed by atoms with Crippen LogP contribution >= 0.6 is 0 Å². The number of hydrogen-bond acceptors (Lipinski definition) is 2. The lowest BCUT2D eigenvalue weighted by molar-refractivity contribution is -0.154. The summed E-state index contributed by atoms with van der Waals surface area (Å²) in [5, 5.41) is 9.75. The molecule has 0 aromatic carbocycles. The van der Waals surface area contributed by atoms with Crippen LogP contribution in [0.5, 0.6) is 0 Å². The minimum Gasteiger partial charge on any atom is -0.481 e. The molecule has 3 atom stereocenters. The Labute approximate surface area is 130 Å². The van der Waals surface area contributed by atoms with Crippen molar-refractivity contribution in [1.29, 1.82) is 0 Å². The van der Waals surface area contributed by atoms with E-state index in [1.54, 1.807) is 0 Å². The topological polar surface area (TPSA) is 40.5 Å². The molecule has 3 unspecified atom stereocenters. The Balaban J connectivity index is 2.01. The fourth-order valence-electron chi connectivity index (χ4n) is 4.58. The third-order valence-electron chi connectivity index (χ3n) is 5.94. The third-order valence-corrected chi connectivity index (χ3v) is 5.94. The Morgan fingerprint density at radius 2 is 2.00 bits per heavy atom. The molecule has 21 heavy (non-hydrogen) atoms. The van der Waals surface area contributed by atoms with Gasteiger partial charge in [-0.1, -0.05) is 39.5 Å². The molecule has 0 amide bonds. The first-order chi connectivity index (χ1) is 10.1. The van der Waals surface area contributed by atoms with Gasteiger partial charge >= 0.3 is 5.97 Å². The van der Waals surface area contributed by atoms with Crippen molar-refractivity contribution in [3.63, 3.8) is 0 Å². The van der Waals surface area contributed by atoms with Crippen LogP contribution in [-0.2, 0) is 4.79 Å². The Hall–Kier alpha value is -0.570. The lowest BCUT2D eigenvalue weighted by Gasteiger charge is -2.43. The van der Waals surface area contributed by atoms with Crippen LogP contribution in [-0.4, -0.2) is 35.1 Å². The first kappa shape index (κ1) is 16.8. The van der Waals surface area contributed by atoms with Crippen LogP contribution in [0.15, 0.2) is 0 Å². The van der Waals surface area contributed by atoms with E-state index in [0.717, 1.165) is 44.7 Å². The van der Waals surface area contributed by atoms with Crippen LogP contribution in [0.25, 0.3) is 0 Å². The first-order valence-electron chi connectivity index (χ1n) is 9.08. The van der Waals surface area contributed by atoms with Crippen LogP contribution in [0, 0.1) is 11.3 Å². The van der Waals surface area contributed by atoms with Gasteiger partial charge in [-0.3, -0.25) is 9.69 Å². The lowest BCUT2D eigenvalue weighted by Crippen LogP contribution is -2.51.